The summed E-state index contributed by atoms with van der Waals surface area (Å²) in [6.45, 7) is 2.25. The molecule has 0 fully saturated rings. The van der Waals surface area contributed by atoms with Gasteiger partial charge in [-0.3, -0.25) is 9.79 Å². The van der Waals surface area contributed by atoms with E-state index in [0.29, 0.717) is 17.7 Å². The Balaban J connectivity index is 1.40. The van der Waals surface area contributed by atoms with Gasteiger partial charge < -0.3 is 10.1 Å². The lowest BCUT2D eigenvalue weighted by atomic mass is 9.89. The number of aliphatic imine (C=N–C) groups is 1. The van der Waals surface area contributed by atoms with Crippen LogP contribution in [0.15, 0.2) is 96.0 Å². The topological polar surface area (TPSA) is 50.7 Å². The number of aryl methyl sites for hydroxylation is 1. The lowest BCUT2D eigenvalue weighted by Gasteiger charge is -2.19. The minimum absolute atomic E-state index is 0.0462. The molecule has 9 heteroatoms. The summed E-state index contributed by atoms with van der Waals surface area (Å²) in [5.41, 5.74) is 3.93. The van der Waals surface area contributed by atoms with Crippen LogP contribution in [0.2, 0.25) is 0 Å². The molecule has 0 bridgehead atoms. The molecule has 4 aromatic rings. The Hall–Kier alpha value is -4.53. The van der Waals surface area contributed by atoms with Crippen molar-refractivity contribution in [2.24, 2.45) is 10.9 Å². The van der Waals surface area contributed by atoms with Crippen LogP contribution in [0.1, 0.15) is 34.7 Å². The number of ether oxygens (including phenoxy) is 1. The van der Waals surface area contributed by atoms with Crippen LogP contribution in [-0.4, -0.2) is 18.0 Å². The summed E-state index contributed by atoms with van der Waals surface area (Å²) in [6, 6.07) is 23.1. The van der Waals surface area contributed by atoms with Gasteiger partial charge in [-0.05, 0) is 53.4 Å². The fourth-order valence-corrected chi connectivity index (χ4v) is 4.98. The smallest absolute Gasteiger partial charge is 0.406 e. The van der Waals surface area contributed by atoms with Crippen LogP contribution in [0, 0.1) is 24.5 Å². The molecule has 1 aliphatic heterocycles. The summed E-state index contributed by atoms with van der Waals surface area (Å²) in [4.78, 5) is 18.0. The van der Waals surface area contributed by atoms with Crippen molar-refractivity contribution in [3.63, 3.8) is 0 Å². The number of hydrogen-bond acceptors (Lipinski definition) is 3. The van der Waals surface area contributed by atoms with Gasteiger partial charge in [0.15, 0.2) is 0 Å². The fraction of sp³-hybridized carbons (Fsp3) is 0.188. The number of carbonyl (C=O) groups is 1. The van der Waals surface area contributed by atoms with Gasteiger partial charge in [-0.25, -0.2) is 8.78 Å². The summed E-state index contributed by atoms with van der Waals surface area (Å²) < 4.78 is 70.6. The number of carbonyl (C=O) groups excluding carboxylic acids is 1. The number of hydrogen-bond donors (Lipinski definition) is 1. The first-order valence-electron chi connectivity index (χ1n) is 12.9. The average molecular weight is 565 g/mol. The molecular formula is C32H25F5N2O2. The van der Waals surface area contributed by atoms with Gasteiger partial charge in [0, 0.05) is 18.7 Å². The summed E-state index contributed by atoms with van der Waals surface area (Å²) in [6.07, 6.45) is -4.73. The van der Waals surface area contributed by atoms with Gasteiger partial charge in [-0.15, -0.1) is 13.2 Å². The molecule has 41 heavy (non-hydrogen) atoms. The Kier molecular flexibility index (Phi) is 7.88. The maximum Gasteiger partial charge on any atom is 0.573 e. The van der Waals surface area contributed by atoms with E-state index in [1.165, 1.54) is 30.3 Å². The lowest BCUT2D eigenvalue weighted by Crippen LogP contribution is -2.32. The Morgan fingerprint density at radius 2 is 1.51 bits per heavy atom. The molecule has 0 aromatic heterocycles. The molecule has 2 atom stereocenters. The van der Waals surface area contributed by atoms with E-state index in [9.17, 15) is 26.7 Å². The van der Waals surface area contributed by atoms with Gasteiger partial charge in [0.2, 0.25) is 5.91 Å². The van der Waals surface area contributed by atoms with E-state index in [2.05, 4.69) is 15.0 Å². The van der Waals surface area contributed by atoms with Crippen LogP contribution in [-0.2, 0) is 11.3 Å². The number of nitrogens with zero attached hydrogens (tertiary/aromatic N) is 1. The fourth-order valence-electron chi connectivity index (χ4n) is 4.98. The van der Waals surface area contributed by atoms with Crippen molar-refractivity contribution in [1.29, 1.82) is 0 Å². The summed E-state index contributed by atoms with van der Waals surface area (Å²) in [7, 11) is 0. The monoisotopic (exact) mass is 564 g/mol. The Morgan fingerprint density at radius 1 is 0.902 bits per heavy atom. The molecule has 0 saturated heterocycles. The molecule has 1 heterocycles. The van der Waals surface area contributed by atoms with Gasteiger partial charge in [-0.2, -0.15) is 0 Å². The van der Waals surface area contributed by atoms with Crippen molar-refractivity contribution in [3.05, 3.63) is 125 Å². The van der Waals surface area contributed by atoms with Gasteiger partial charge >= 0.3 is 6.36 Å². The van der Waals surface area contributed by atoms with Crippen molar-refractivity contribution >= 4 is 11.6 Å². The number of rotatable bonds is 7. The van der Waals surface area contributed by atoms with Crippen LogP contribution in [0.3, 0.4) is 0 Å². The summed E-state index contributed by atoms with van der Waals surface area (Å²) >= 11 is 0. The first-order valence-corrected chi connectivity index (χ1v) is 12.9. The SMILES string of the molecule is Cc1cccc(CNC(=O)[C@H]2CC(c3c(F)cccc3F)=NC2c2ccc(-c3ccc(OC(F)(F)F)cc3)cc2)c1. The zero-order valence-corrected chi connectivity index (χ0v) is 21.9. The molecule has 0 spiro atoms. The van der Waals surface area contributed by atoms with Crippen molar-refractivity contribution in [3.8, 4) is 16.9 Å². The second-order valence-electron chi connectivity index (χ2n) is 9.83. The van der Waals surface area contributed by atoms with Gasteiger partial charge in [0.1, 0.15) is 17.4 Å². The molecule has 1 aliphatic rings. The number of benzene rings is 4. The van der Waals surface area contributed by atoms with Crippen molar-refractivity contribution in [2.75, 3.05) is 0 Å². The highest BCUT2D eigenvalue weighted by Crippen LogP contribution is 2.38. The number of halogens is 5. The molecule has 1 N–H and O–H groups in total. The third kappa shape index (κ3) is 6.62. The van der Waals surface area contributed by atoms with E-state index in [1.54, 1.807) is 24.3 Å². The first-order chi connectivity index (χ1) is 19.6. The van der Waals surface area contributed by atoms with Crippen molar-refractivity contribution in [1.82, 2.24) is 5.32 Å². The normalized spacial score (nSPS) is 16.8. The van der Waals surface area contributed by atoms with Crippen LogP contribution < -0.4 is 10.1 Å². The van der Waals surface area contributed by atoms with E-state index in [-0.39, 0.29) is 29.4 Å². The third-order valence-electron chi connectivity index (χ3n) is 6.90. The zero-order chi connectivity index (χ0) is 29.1. The molecule has 210 valence electrons. The minimum atomic E-state index is -4.78. The summed E-state index contributed by atoms with van der Waals surface area (Å²) in [5.74, 6) is -2.84. The largest absolute Gasteiger partial charge is 0.573 e. The lowest BCUT2D eigenvalue weighted by molar-refractivity contribution is -0.274. The molecular weight excluding hydrogens is 539 g/mol. The van der Waals surface area contributed by atoms with Crippen LogP contribution >= 0.6 is 0 Å². The quantitative estimate of drug-likeness (QED) is 0.234. The highest BCUT2D eigenvalue weighted by molar-refractivity contribution is 6.05. The van der Waals surface area contributed by atoms with Crippen LogP contribution in [0.5, 0.6) is 5.75 Å². The van der Waals surface area contributed by atoms with Crippen molar-refractivity contribution < 1.29 is 31.5 Å². The predicted octanol–water partition coefficient (Wildman–Crippen LogP) is 7.71. The number of nitrogens with one attached hydrogen (secondary N) is 1. The molecule has 0 radical (unpaired) electrons. The highest BCUT2D eigenvalue weighted by Gasteiger charge is 2.37. The van der Waals surface area contributed by atoms with Crippen LogP contribution in [0.4, 0.5) is 22.0 Å². The van der Waals surface area contributed by atoms with Gasteiger partial charge in [-0.1, -0.05) is 72.3 Å². The molecule has 1 amide bonds. The maximum absolute atomic E-state index is 14.6. The average Bonchev–Trinajstić information content (AvgIpc) is 3.36. The van der Waals surface area contributed by atoms with E-state index < -0.39 is 30.0 Å². The molecule has 0 aliphatic carbocycles. The van der Waals surface area contributed by atoms with E-state index in [4.69, 9.17) is 0 Å². The molecule has 1 unspecified atom stereocenters. The highest BCUT2D eigenvalue weighted by atomic mass is 19.4. The summed E-state index contributed by atoms with van der Waals surface area (Å²) in [5, 5.41) is 2.94. The standard InChI is InChI=1S/C32H25F5N2O2/c1-19-4-2-5-20(16-19)18-38-31(40)25-17-28(29-26(33)6-3-7-27(29)34)39-30(25)23-10-8-21(9-11-23)22-12-14-24(15-13-22)41-32(35,36)37/h2-16,25,30H,17-18H2,1H3,(H,38,40)/t25-,30?/m0/s1. The van der Waals surface area contributed by atoms with E-state index in [1.807, 2.05) is 31.2 Å². The third-order valence-corrected chi connectivity index (χ3v) is 6.90. The first kappa shape index (κ1) is 28.0. The second-order valence-corrected chi connectivity index (χ2v) is 9.83. The number of amides is 1. The number of alkyl halides is 3. The Morgan fingerprint density at radius 3 is 2.12 bits per heavy atom. The van der Waals surface area contributed by atoms with Crippen LogP contribution in [0.25, 0.3) is 11.1 Å². The molecule has 5 rings (SSSR count). The Bertz CT molecular complexity index is 1560. The molecule has 4 aromatic carbocycles. The van der Waals surface area contributed by atoms with Gasteiger partial charge in [0.05, 0.1) is 17.5 Å². The minimum Gasteiger partial charge on any atom is -0.406 e. The van der Waals surface area contributed by atoms with Crippen molar-refractivity contribution in [2.45, 2.75) is 32.3 Å². The Labute approximate surface area is 233 Å². The predicted molar refractivity (Wildman–Crippen MR) is 145 cm³/mol. The van der Waals surface area contributed by atoms with E-state index >= 15 is 0 Å². The second kappa shape index (κ2) is 11.5. The molecule has 4 nitrogen and oxygen atoms in total. The molecule has 0 saturated carbocycles. The maximum atomic E-state index is 14.6. The van der Waals surface area contributed by atoms with E-state index in [0.717, 1.165) is 28.8 Å². The zero-order valence-electron chi connectivity index (χ0n) is 21.9. The van der Waals surface area contributed by atoms with Gasteiger partial charge in [0.25, 0.3) is 0 Å².